The molecular formula is C11H22N2O4. The molecule has 0 radical (unpaired) electrons. The fourth-order valence-electron chi connectivity index (χ4n) is 1.30. The summed E-state index contributed by atoms with van der Waals surface area (Å²) < 4.78 is 4.96. The van der Waals surface area contributed by atoms with Crippen LogP contribution in [0.25, 0.3) is 0 Å². The Bertz CT molecular complexity index is 234. The van der Waals surface area contributed by atoms with E-state index in [1.807, 2.05) is 6.92 Å². The van der Waals surface area contributed by atoms with E-state index in [9.17, 15) is 9.59 Å². The summed E-state index contributed by atoms with van der Waals surface area (Å²) in [5.74, 6) is -0.805. The molecular weight excluding hydrogens is 224 g/mol. The van der Waals surface area contributed by atoms with E-state index in [0.29, 0.717) is 26.0 Å². The SMILES string of the molecule is CCC(COC)NC(=O)NCCCCC(=O)O. The Kier molecular flexibility index (Phi) is 9.14. The van der Waals surface area contributed by atoms with Crippen molar-refractivity contribution >= 4 is 12.0 Å². The van der Waals surface area contributed by atoms with E-state index < -0.39 is 5.97 Å². The number of carbonyl (C=O) groups is 2. The van der Waals surface area contributed by atoms with Crippen LogP contribution >= 0.6 is 0 Å². The van der Waals surface area contributed by atoms with Crippen LogP contribution < -0.4 is 10.6 Å². The summed E-state index contributed by atoms with van der Waals surface area (Å²) in [5.41, 5.74) is 0. The van der Waals surface area contributed by atoms with Gasteiger partial charge >= 0.3 is 12.0 Å². The lowest BCUT2D eigenvalue weighted by molar-refractivity contribution is -0.137. The molecule has 0 aliphatic rings. The summed E-state index contributed by atoms with van der Waals surface area (Å²) >= 11 is 0. The molecule has 100 valence electrons. The predicted molar refractivity (Wildman–Crippen MR) is 64.0 cm³/mol. The van der Waals surface area contributed by atoms with E-state index in [2.05, 4.69) is 10.6 Å². The number of ether oxygens (including phenoxy) is 1. The maximum Gasteiger partial charge on any atom is 0.315 e. The molecule has 0 fully saturated rings. The molecule has 0 spiro atoms. The Morgan fingerprint density at radius 1 is 1.35 bits per heavy atom. The number of hydrogen-bond acceptors (Lipinski definition) is 3. The van der Waals surface area contributed by atoms with Gasteiger partial charge in [0.2, 0.25) is 0 Å². The number of carboxylic acids is 1. The van der Waals surface area contributed by atoms with E-state index in [0.717, 1.165) is 6.42 Å². The summed E-state index contributed by atoms with van der Waals surface area (Å²) in [7, 11) is 1.59. The van der Waals surface area contributed by atoms with E-state index in [1.165, 1.54) is 0 Å². The van der Waals surface area contributed by atoms with E-state index in [-0.39, 0.29) is 18.5 Å². The first-order valence-electron chi connectivity index (χ1n) is 5.85. The van der Waals surface area contributed by atoms with Crippen molar-refractivity contribution in [1.29, 1.82) is 0 Å². The van der Waals surface area contributed by atoms with Crippen molar-refractivity contribution in [2.45, 2.75) is 38.6 Å². The zero-order chi connectivity index (χ0) is 13.1. The van der Waals surface area contributed by atoms with E-state index in [1.54, 1.807) is 7.11 Å². The largest absolute Gasteiger partial charge is 0.481 e. The Hall–Kier alpha value is -1.30. The standard InChI is InChI=1S/C11H22N2O4/c1-3-9(8-17-2)13-11(16)12-7-5-4-6-10(14)15/h9H,3-8H2,1-2H3,(H,14,15)(H2,12,13,16). The number of rotatable bonds is 9. The number of methoxy groups -OCH3 is 1. The van der Waals surface area contributed by atoms with Gasteiger partial charge in [-0.25, -0.2) is 4.79 Å². The smallest absolute Gasteiger partial charge is 0.315 e. The molecule has 3 N–H and O–H groups in total. The molecule has 0 aromatic heterocycles. The summed E-state index contributed by atoms with van der Waals surface area (Å²) in [6.07, 6.45) is 2.19. The lowest BCUT2D eigenvalue weighted by atomic mass is 10.2. The normalized spacial score (nSPS) is 11.9. The molecule has 6 heteroatoms. The fourth-order valence-corrected chi connectivity index (χ4v) is 1.30. The minimum absolute atomic E-state index is 0.0130. The molecule has 6 nitrogen and oxygen atoms in total. The van der Waals surface area contributed by atoms with Gasteiger partial charge in [0.1, 0.15) is 0 Å². The molecule has 17 heavy (non-hydrogen) atoms. The van der Waals surface area contributed by atoms with Crippen LogP contribution in [0.1, 0.15) is 32.6 Å². The molecule has 0 bridgehead atoms. The highest BCUT2D eigenvalue weighted by Crippen LogP contribution is 1.94. The third-order valence-corrected chi connectivity index (χ3v) is 2.30. The minimum atomic E-state index is -0.805. The second-order valence-electron chi connectivity index (χ2n) is 3.81. The number of nitrogens with one attached hydrogen (secondary N) is 2. The van der Waals surface area contributed by atoms with Crippen molar-refractivity contribution in [3.63, 3.8) is 0 Å². The van der Waals surface area contributed by atoms with E-state index >= 15 is 0 Å². The monoisotopic (exact) mass is 246 g/mol. The zero-order valence-corrected chi connectivity index (χ0v) is 10.5. The van der Waals surface area contributed by atoms with Crippen LogP contribution in [0.3, 0.4) is 0 Å². The number of carboxylic acid groups (broad SMARTS) is 1. The topological polar surface area (TPSA) is 87.7 Å². The van der Waals surface area contributed by atoms with Crippen molar-refractivity contribution in [2.24, 2.45) is 0 Å². The summed E-state index contributed by atoms with van der Waals surface area (Å²) in [4.78, 5) is 21.6. The van der Waals surface area contributed by atoms with Crippen LogP contribution in [0.15, 0.2) is 0 Å². The van der Waals surface area contributed by atoms with Gasteiger partial charge in [0.15, 0.2) is 0 Å². The molecule has 0 aromatic carbocycles. The van der Waals surface area contributed by atoms with Crippen LogP contribution in [-0.2, 0) is 9.53 Å². The van der Waals surface area contributed by atoms with Crippen LogP contribution in [-0.4, -0.2) is 43.4 Å². The van der Waals surface area contributed by atoms with Crippen LogP contribution in [0, 0.1) is 0 Å². The summed E-state index contributed by atoms with van der Waals surface area (Å²) in [6, 6.07) is -0.219. The minimum Gasteiger partial charge on any atom is -0.481 e. The number of aliphatic carboxylic acids is 1. The second kappa shape index (κ2) is 9.89. The molecule has 2 amide bonds. The van der Waals surface area contributed by atoms with Gasteiger partial charge in [0, 0.05) is 20.1 Å². The van der Waals surface area contributed by atoms with Gasteiger partial charge in [0.05, 0.1) is 12.6 Å². The Morgan fingerprint density at radius 3 is 2.59 bits per heavy atom. The number of unbranched alkanes of at least 4 members (excludes halogenated alkanes) is 1. The lowest BCUT2D eigenvalue weighted by Crippen LogP contribution is -2.44. The lowest BCUT2D eigenvalue weighted by Gasteiger charge is -2.16. The van der Waals surface area contributed by atoms with Crippen molar-refractivity contribution < 1.29 is 19.4 Å². The van der Waals surface area contributed by atoms with Crippen molar-refractivity contribution in [1.82, 2.24) is 10.6 Å². The van der Waals surface area contributed by atoms with Crippen molar-refractivity contribution in [3.8, 4) is 0 Å². The Morgan fingerprint density at radius 2 is 2.06 bits per heavy atom. The molecule has 1 unspecified atom stereocenters. The Balaban J connectivity index is 3.54. The van der Waals surface area contributed by atoms with Gasteiger partial charge in [-0.1, -0.05) is 6.92 Å². The molecule has 0 saturated heterocycles. The third-order valence-electron chi connectivity index (χ3n) is 2.30. The molecule has 1 atom stereocenters. The third kappa shape index (κ3) is 9.62. The zero-order valence-electron chi connectivity index (χ0n) is 10.5. The first-order valence-corrected chi connectivity index (χ1v) is 5.85. The quantitative estimate of drug-likeness (QED) is 0.529. The van der Waals surface area contributed by atoms with Crippen LogP contribution in [0.2, 0.25) is 0 Å². The average molecular weight is 246 g/mol. The molecule has 0 aromatic rings. The molecule has 0 heterocycles. The highest BCUT2D eigenvalue weighted by molar-refractivity contribution is 5.74. The maximum absolute atomic E-state index is 11.4. The van der Waals surface area contributed by atoms with Crippen LogP contribution in [0.5, 0.6) is 0 Å². The first-order chi connectivity index (χ1) is 8.10. The van der Waals surface area contributed by atoms with Gasteiger partial charge in [-0.3, -0.25) is 4.79 Å². The van der Waals surface area contributed by atoms with Crippen LogP contribution in [0.4, 0.5) is 4.79 Å². The number of urea groups is 1. The fraction of sp³-hybridized carbons (Fsp3) is 0.818. The van der Waals surface area contributed by atoms with Gasteiger partial charge in [-0.15, -0.1) is 0 Å². The second-order valence-corrected chi connectivity index (χ2v) is 3.81. The maximum atomic E-state index is 11.4. The molecule has 0 saturated carbocycles. The Labute approximate surface area is 102 Å². The van der Waals surface area contributed by atoms with Gasteiger partial charge in [0.25, 0.3) is 0 Å². The highest BCUT2D eigenvalue weighted by atomic mass is 16.5. The average Bonchev–Trinajstić information content (AvgIpc) is 2.27. The van der Waals surface area contributed by atoms with Crippen molar-refractivity contribution in [3.05, 3.63) is 0 Å². The first kappa shape index (κ1) is 15.7. The van der Waals surface area contributed by atoms with Gasteiger partial charge in [-0.05, 0) is 19.3 Å². The highest BCUT2D eigenvalue weighted by Gasteiger charge is 2.08. The summed E-state index contributed by atoms with van der Waals surface area (Å²) in [6.45, 7) is 2.95. The molecule has 0 rings (SSSR count). The van der Waals surface area contributed by atoms with Gasteiger partial charge < -0.3 is 20.5 Å². The molecule has 0 aliphatic heterocycles. The molecule has 0 aliphatic carbocycles. The number of carbonyl (C=O) groups excluding carboxylic acids is 1. The number of amides is 2. The van der Waals surface area contributed by atoms with Crippen molar-refractivity contribution in [2.75, 3.05) is 20.3 Å². The summed E-state index contributed by atoms with van der Waals surface area (Å²) in [5, 5.41) is 13.9. The predicted octanol–water partition coefficient (Wildman–Crippen LogP) is 0.965. The van der Waals surface area contributed by atoms with Gasteiger partial charge in [-0.2, -0.15) is 0 Å². The number of hydrogen-bond donors (Lipinski definition) is 3. The van der Waals surface area contributed by atoms with E-state index in [4.69, 9.17) is 9.84 Å².